The highest BCUT2D eigenvalue weighted by Crippen LogP contribution is 2.38. The van der Waals surface area contributed by atoms with Crippen LogP contribution in [0, 0.1) is 11.3 Å². The fourth-order valence-corrected chi connectivity index (χ4v) is 3.28. The number of nitrogens with one attached hydrogen (secondary N) is 2. The first kappa shape index (κ1) is 19.8. The highest BCUT2D eigenvalue weighted by molar-refractivity contribution is 5.88. The lowest BCUT2D eigenvalue weighted by atomic mass is 9.85. The summed E-state index contributed by atoms with van der Waals surface area (Å²) in [6, 6.07) is 10.0. The minimum absolute atomic E-state index is 0.0526. The summed E-state index contributed by atoms with van der Waals surface area (Å²) in [4.78, 5) is 27.0. The van der Waals surface area contributed by atoms with Crippen LogP contribution < -0.4 is 15.5 Å². The number of carbonyl (C=O) groups excluding carboxylic acids is 2. The van der Waals surface area contributed by atoms with E-state index in [1.54, 1.807) is 0 Å². The Kier molecular flexibility index (Phi) is 7.02. The van der Waals surface area contributed by atoms with Crippen LogP contribution in [0.25, 0.3) is 0 Å². The van der Waals surface area contributed by atoms with Gasteiger partial charge in [0.25, 0.3) is 0 Å². The highest BCUT2D eigenvalue weighted by atomic mass is 16.2. The van der Waals surface area contributed by atoms with Gasteiger partial charge in [0.05, 0.1) is 25.0 Å². The summed E-state index contributed by atoms with van der Waals surface area (Å²) in [7, 11) is 0. The third-order valence-corrected chi connectivity index (χ3v) is 4.92. The summed E-state index contributed by atoms with van der Waals surface area (Å²) < 4.78 is 0. The average Bonchev–Trinajstić information content (AvgIpc) is 2.63. The maximum absolute atomic E-state index is 12.7. The molecule has 0 bridgehead atoms. The first-order valence-corrected chi connectivity index (χ1v) is 9.27. The lowest BCUT2D eigenvalue weighted by Crippen LogP contribution is -2.48. The Morgan fingerprint density at radius 2 is 2.12 bits per heavy atom. The van der Waals surface area contributed by atoms with E-state index in [1.807, 2.05) is 49.1 Å². The van der Waals surface area contributed by atoms with E-state index in [0.29, 0.717) is 19.4 Å². The minimum Gasteiger partial charge on any atom is -0.359 e. The molecule has 140 valence electrons. The van der Waals surface area contributed by atoms with Crippen LogP contribution in [-0.2, 0) is 9.59 Å². The van der Waals surface area contributed by atoms with Gasteiger partial charge in [-0.15, -0.1) is 0 Å². The third-order valence-electron chi connectivity index (χ3n) is 4.92. The molecule has 0 aliphatic carbocycles. The molecule has 0 fully saturated rings. The number of amides is 2. The zero-order valence-electron chi connectivity index (χ0n) is 15.8. The van der Waals surface area contributed by atoms with Gasteiger partial charge in [0, 0.05) is 24.3 Å². The van der Waals surface area contributed by atoms with E-state index in [9.17, 15) is 9.59 Å². The average molecular weight is 356 g/mol. The van der Waals surface area contributed by atoms with Gasteiger partial charge in [-0.3, -0.25) is 9.59 Å². The largest absolute Gasteiger partial charge is 0.359 e. The SMILES string of the molecule is CC[C@H](C)NC(=O)[C@@H]1C[C@H](C)N(CC(=O)NCCC#N)c2ccccc21. The third kappa shape index (κ3) is 4.75. The second-order valence-electron chi connectivity index (χ2n) is 6.90. The molecule has 2 amide bonds. The molecule has 2 N–H and O–H groups in total. The molecule has 6 nitrogen and oxygen atoms in total. The normalized spacial score (nSPS) is 19.8. The summed E-state index contributed by atoms with van der Waals surface area (Å²) in [5.41, 5.74) is 1.90. The van der Waals surface area contributed by atoms with Crippen molar-refractivity contribution in [2.45, 2.75) is 58.0 Å². The van der Waals surface area contributed by atoms with Gasteiger partial charge in [0.2, 0.25) is 11.8 Å². The van der Waals surface area contributed by atoms with E-state index in [4.69, 9.17) is 5.26 Å². The van der Waals surface area contributed by atoms with Gasteiger partial charge in [0.1, 0.15) is 0 Å². The Balaban J connectivity index is 2.17. The van der Waals surface area contributed by atoms with Gasteiger partial charge < -0.3 is 15.5 Å². The summed E-state index contributed by atoms with van der Waals surface area (Å²) >= 11 is 0. The molecule has 6 heteroatoms. The van der Waals surface area contributed by atoms with Crippen molar-refractivity contribution in [2.75, 3.05) is 18.0 Å². The fraction of sp³-hybridized carbons (Fsp3) is 0.550. The van der Waals surface area contributed by atoms with E-state index < -0.39 is 0 Å². The monoisotopic (exact) mass is 356 g/mol. The number of hydrogen-bond donors (Lipinski definition) is 2. The number of anilines is 1. The fourth-order valence-electron chi connectivity index (χ4n) is 3.28. The number of hydrogen-bond acceptors (Lipinski definition) is 4. The standard InChI is InChI=1S/C20H28N4O2/c1-4-14(2)23-20(26)17-12-15(3)24(13-19(25)22-11-7-10-21)18-9-6-5-8-16(17)18/h5-6,8-9,14-15,17H,4,7,11-13H2,1-3H3,(H,22,25)(H,23,26)/t14-,15-,17+/m0/s1. The highest BCUT2D eigenvalue weighted by Gasteiger charge is 2.34. The van der Waals surface area contributed by atoms with Gasteiger partial charge in [-0.2, -0.15) is 5.26 Å². The lowest BCUT2D eigenvalue weighted by molar-refractivity contribution is -0.123. The Bertz CT molecular complexity index is 683. The number of rotatable bonds is 7. The Hall–Kier alpha value is -2.55. The van der Waals surface area contributed by atoms with Crippen LogP contribution in [0.1, 0.15) is 51.5 Å². The predicted octanol–water partition coefficient (Wildman–Crippen LogP) is 2.31. The van der Waals surface area contributed by atoms with Crippen molar-refractivity contribution in [3.8, 4) is 6.07 Å². The topological polar surface area (TPSA) is 85.2 Å². The minimum atomic E-state index is -0.201. The second-order valence-corrected chi connectivity index (χ2v) is 6.90. The van der Waals surface area contributed by atoms with E-state index in [0.717, 1.165) is 17.7 Å². The molecule has 1 aromatic rings. The van der Waals surface area contributed by atoms with Crippen LogP contribution in [0.4, 0.5) is 5.69 Å². The van der Waals surface area contributed by atoms with Crippen LogP contribution in [0.2, 0.25) is 0 Å². The molecule has 0 saturated heterocycles. The van der Waals surface area contributed by atoms with E-state index in [2.05, 4.69) is 17.6 Å². The maximum Gasteiger partial charge on any atom is 0.239 e. The lowest BCUT2D eigenvalue weighted by Gasteiger charge is -2.40. The van der Waals surface area contributed by atoms with Crippen LogP contribution in [-0.4, -0.2) is 37.0 Å². The first-order valence-electron chi connectivity index (χ1n) is 9.27. The zero-order chi connectivity index (χ0) is 19.1. The molecule has 0 saturated carbocycles. The van der Waals surface area contributed by atoms with Crippen LogP contribution in [0.5, 0.6) is 0 Å². The molecule has 0 radical (unpaired) electrons. The quantitative estimate of drug-likeness (QED) is 0.734. The van der Waals surface area contributed by atoms with Gasteiger partial charge in [-0.05, 0) is 38.3 Å². The zero-order valence-corrected chi connectivity index (χ0v) is 15.8. The Labute approximate surface area is 155 Å². The summed E-state index contributed by atoms with van der Waals surface area (Å²) in [6.07, 6.45) is 1.87. The molecule has 3 atom stereocenters. The van der Waals surface area contributed by atoms with Crippen LogP contribution >= 0.6 is 0 Å². The smallest absolute Gasteiger partial charge is 0.239 e. The first-order chi connectivity index (χ1) is 12.5. The Morgan fingerprint density at radius 3 is 2.81 bits per heavy atom. The van der Waals surface area contributed by atoms with Crippen molar-refractivity contribution in [1.29, 1.82) is 5.26 Å². The number of para-hydroxylation sites is 1. The van der Waals surface area contributed by atoms with Crippen molar-refractivity contribution in [3.05, 3.63) is 29.8 Å². The number of benzene rings is 1. The number of nitriles is 1. The summed E-state index contributed by atoms with van der Waals surface area (Å²) in [6.45, 7) is 6.69. The van der Waals surface area contributed by atoms with Gasteiger partial charge in [-0.25, -0.2) is 0 Å². The number of carbonyl (C=O) groups is 2. The van der Waals surface area contributed by atoms with Crippen molar-refractivity contribution in [2.24, 2.45) is 0 Å². The van der Waals surface area contributed by atoms with Crippen LogP contribution in [0.15, 0.2) is 24.3 Å². The molecule has 1 heterocycles. The van der Waals surface area contributed by atoms with E-state index >= 15 is 0 Å². The molecular formula is C20H28N4O2. The molecule has 1 aliphatic heterocycles. The van der Waals surface area contributed by atoms with Crippen molar-refractivity contribution in [3.63, 3.8) is 0 Å². The molecule has 0 unspecified atom stereocenters. The molecular weight excluding hydrogens is 328 g/mol. The van der Waals surface area contributed by atoms with Crippen molar-refractivity contribution in [1.82, 2.24) is 10.6 Å². The van der Waals surface area contributed by atoms with E-state index in [-0.39, 0.29) is 36.4 Å². The van der Waals surface area contributed by atoms with Crippen LogP contribution in [0.3, 0.4) is 0 Å². The summed E-state index contributed by atoms with van der Waals surface area (Å²) in [5.74, 6) is -0.255. The second kappa shape index (κ2) is 9.23. The van der Waals surface area contributed by atoms with Crippen molar-refractivity contribution < 1.29 is 9.59 Å². The molecule has 26 heavy (non-hydrogen) atoms. The predicted molar refractivity (Wildman–Crippen MR) is 102 cm³/mol. The summed E-state index contributed by atoms with van der Waals surface area (Å²) in [5, 5.41) is 14.4. The molecule has 0 aromatic heterocycles. The maximum atomic E-state index is 12.7. The molecule has 2 rings (SSSR count). The van der Waals surface area contributed by atoms with Gasteiger partial charge >= 0.3 is 0 Å². The Morgan fingerprint density at radius 1 is 1.38 bits per heavy atom. The molecule has 0 spiro atoms. The van der Waals surface area contributed by atoms with E-state index in [1.165, 1.54) is 0 Å². The number of fused-ring (bicyclic) bond motifs is 1. The van der Waals surface area contributed by atoms with Gasteiger partial charge in [0.15, 0.2) is 0 Å². The van der Waals surface area contributed by atoms with Crippen molar-refractivity contribution >= 4 is 17.5 Å². The molecule has 1 aromatic carbocycles. The number of nitrogens with zero attached hydrogens (tertiary/aromatic N) is 2. The molecule has 1 aliphatic rings. The van der Waals surface area contributed by atoms with Gasteiger partial charge in [-0.1, -0.05) is 25.1 Å².